The average molecular weight is 517 g/mol. The van der Waals surface area contributed by atoms with E-state index < -0.39 is 0 Å². The van der Waals surface area contributed by atoms with Gasteiger partial charge in [0.1, 0.15) is 0 Å². The van der Waals surface area contributed by atoms with Crippen LogP contribution in [0.4, 0.5) is 0 Å². The first-order chi connectivity index (χ1) is 14.3. The van der Waals surface area contributed by atoms with Crippen LogP contribution in [0.15, 0.2) is 64.5 Å². The molecule has 0 aliphatic heterocycles. The molecule has 0 amide bonds. The van der Waals surface area contributed by atoms with Crippen molar-refractivity contribution in [3.63, 3.8) is 0 Å². The molecule has 9 heteroatoms. The zero-order valence-corrected chi connectivity index (χ0v) is 19.6. The summed E-state index contributed by atoms with van der Waals surface area (Å²) in [4.78, 5) is 18.0. The summed E-state index contributed by atoms with van der Waals surface area (Å²) in [6.45, 7) is 0. The van der Waals surface area contributed by atoms with Gasteiger partial charge in [-0.05, 0) is 54.1 Å². The Morgan fingerprint density at radius 2 is 1.50 bits per heavy atom. The highest BCUT2D eigenvalue weighted by atomic mass is 35.5. The molecule has 1 heterocycles. The van der Waals surface area contributed by atoms with Crippen LogP contribution < -0.4 is 5.56 Å². The van der Waals surface area contributed by atoms with Gasteiger partial charge in [0.25, 0.3) is 5.56 Å². The van der Waals surface area contributed by atoms with Crippen LogP contribution in [-0.4, -0.2) is 9.55 Å². The van der Waals surface area contributed by atoms with E-state index in [1.54, 1.807) is 48.5 Å². The lowest BCUT2D eigenvalue weighted by Crippen LogP contribution is -2.21. The predicted octanol–water partition coefficient (Wildman–Crippen LogP) is 7.95. The van der Waals surface area contributed by atoms with Gasteiger partial charge >= 0.3 is 0 Å². The van der Waals surface area contributed by atoms with Crippen LogP contribution in [-0.2, 0) is 5.75 Å². The van der Waals surface area contributed by atoms with Gasteiger partial charge in [-0.3, -0.25) is 9.36 Å². The lowest BCUT2D eigenvalue weighted by atomic mass is 10.2. The van der Waals surface area contributed by atoms with Crippen molar-refractivity contribution in [2.75, 3.05) is 0 Å². The Morgan fingerprint density at radius 1 is 0.800 bits per heavy atom. The second-order valence-corrected chi connectivity index (χ2v) is 9.34. The molecule has 0 saturated carbocycles. The van der Waals surface area contributed by atoms with Gasteiger partial charge in [-0.25, -0.2) is 4.98 Å². The predicted molar refractivity (Wildman–Crippen MR) is 128 cm³/mol. The molecule has 0 bridgehead atoms. The van der Waals surface area contributed by atoms with Crippen molar-refractivity contribution in [2.45, 2.75) is 10.9 Å². The molecule has 3 aromatic carbocycles. The second kappa shape index (κ2) is 8.99. The van der Waals surface area contributed by atoms with Crippen LogP contribution in [0.5, 0.6) is 0 Å². The molecule has 152 valence electrons. The number of hydrogen-bond acceptors (Lipinski definition) is 3. The van der Waals surface area contributed by atoms with Gasteiger partial charge in [-0.1, -0.05) is 75.8 Å². The average Bonchev–Trinajstić information content (AvgIpc) is 2.71. The SMILES string of the molecule is O=c1c2ccc(Cl)cc2nc(SCc2ccc(Cl)c(Cl)c2)n1-c1ccc(Cl)c(Cl)c1. The summed E-state index contributed by atoms with van der Waals surface area (Å²) in [5.41, 5.74) is 1.79. The third kappa shape index (κ3) is 4.45. The molecule has 0 radical (unpaired) electrons. The molecule has 0 unspecified atom stereocenters. The van der Waals surface area contributed by atoms with E-state index in [1.807, 2.05) is 6.07 Å². The minimum Gasteiger partial charge on any atom is -0.268 e. The summed E-state index contributed by atoms with van der Waals surface area (Å²) in [6.07, 6.45) is 0. The van der Waals surface area contributed by atoms with E-state index in [9.17, 15) is 4.79 Å². The Morgan fingerprint density at radius 3 is 2.20 bits per heavy atom. The number of fused-ring (bicyclic) bond motifs is 1. The van der Waals surface area contributed by atoms with Gasteiger partial charge in [0.2, 0.25) is 0 Å². The Bertz CT molecular complexity index is 1340. The standard InChI is InChI=1S/C21H11Cl5N2OS/c22-12-2-4-14-19(8-12)27-21(30-10-11-1-5-15(23)17(25)7-11)28(20(14)29)13-3-6-16(24)18(26)9-13/h1-9H,10H2. The molecule has 0 fully saturated rings. The molecule has 0 spiro atoms. The van der Waals surface area contributed by atoms with Gasteiger partial charge in [0.15, 0.2) is 5.16 Å². The van der Waals surface area contributed by atoms with E-state index in [2.05, 4.69) is 4.98 Å². The molecule has 1 aromatic heterocycles. The van der Waals surface area contributed by atoms with E-state index in [0.717, 1.165) is 5.56 Å². The summed E-state index contributed by atoms with van der Waals surface area (Å²) >= 11 is 31.9. The van der Waals surface area contributed by atoms with Crippen molar-refractivity contribution in [1.82, 2.24) is 9.55 Å². The molecule has 0 aliphatic carbocycles. The fourth-order valence-corrected chi connectivity index (χ4v) is 4.60. The normalized spacial score (nSPS) is 11.2. The molecular formula is C21H11Cl5N2OS. The van der Waals surface area contributed by atoms with E-state index in [1.165, 1.54) is 16.3 Å². The molecule has 0 aliphatic rings. The van der Waals surface area contributed by atoms with Crippen molar-refractivity contribution in [3.8, 4) is 5.69 Å². The molecule has 4 aromatic rings. The van der Waals surface area contributed by atoms with Crippen molar-refractivity contribution in [2.24, 2.45) is 0 Å². The highest BCUT2D eigenvalue weighted by Crippen LogP contribution is 2.30. The molecular weight excluding hydrogens is 506 g/mol. The van der Waals surface area contributed by atoms with Crippen molar-refractivity contribution >= 4 is 80.7 Å². The molecule has 0 atom stereocenters. The van der Waals surface area contributed by atoms with Gasteiger partial charge in [-0.2, -0.15) is 0 Å². The summed E-state index contributed by atoms with van der Waals surface area (Å²) in [5.74, 6) is 0.525. The lowest BCUT2D eigenvalue weighted by molar-refractivity contribution is 0.819. The Balaban J connectivity index is 1.85. The van der Waals surface area contributed by atoms with Gasteiger partial charge in [-0.15, -0.1) is 0 Å². The van der Waals surface area contributed by atoms with Crippen molar-refractivity contribution in [3.05, 3.63) is 95.6 Å². The first kappa shape index (κ1) is 21.8. The highest BCUT2D eigenvalue weighted by molar-refractivity contribution is 7.98. The molecule has 0 saturated heterocycles. The first-order valence-corrected chi connectivity index (χ1v) is 11.5. The minimum absolute atomic E-state index is 0.230. The molecule has 30 heavy (non-hydrogen) atoms. The maximum absolute atomic E-state index is 13.3. The van der Waals surface area contributed by atoms with Crippen molar-refractivity contribution < 1.29 is 0 Å². The minimum atomic E-state index is -0.230. The maximum Gasteiger partial charge on any atom is 0.266 e. The van der Waals surface area contributed by atoms with Crippen LogP contribution in [0.1, 0.15) is 5.56 Å². The second-order valence-electron chi connectivity index (χ2n) is 6.33. The van der Waals surface area contributed by atoms with Crippen LogP contribution in [0, 0.1) is 0 Å². The molecule has 0 N–H and O–H groups in total. The number of thioether (sulfide) groups is 1. The van der Waals surface area contributed by atoms with Crippen LogP contribution in [0.3, 0.4) is 0 Å². The molecule has 3 nitrogen and oxygen atoms in total. The summed E-state index contributed by atoms with van der Waals surface area (Å²) in [6, 6.07) is 15.4. The van der Waals surface area contributed by atoms with Crippen LogP contribution >= 0.6 is 69.8 Å². The van der Waals surface area contributed by atoms with E-state index in [4.69, 9.17) is 58.0 Å². The lowest BCUT2D eigenvalue weighted by Gasteiger charge is -2.14. The first-order valence-electron chi connectivity index (χ1n) is 8.58. The zero-order chi connectivity index (χ0) is 21.4. The van der Waals surface area contributed by atoms with E-state index in [0.29, 0.717) is 52.6 Å². The third-order valence-corrected chi connectivity index (χ3v) is 7.04. The summed E-state index contributed by atoms with van der Waals surface area (Å²) in [7, 11) is 0. The Labute approximate surface area is 201 Å². The number of aromatic nitrogens is 2. The maximum atomic E-state index is 13.3. The highest BCUT2D eigenvalue weighted by Gasteiger charge is 2.15. The zero-order valence-electron chi connectivity index (χ0n) is 15.0. The monoisotopic (exact) mass is 514 g/mol. The smallest absolute Gasteiger partial charge is 0.266 e. The van der Waals surface area contributed by atoms with Crippen LogP contribution in [0.2, 0.25) is 25.1 Å². The third-order valence-electron chi connectivity index (χ3n) is 4.31. The largest absolute Gasteiger partial charge is 0.268 e. The number of benzene rings is 3. The Kier molecular flexibility index (Phi) is 6.54. The number of rotatable bonds is 4. The fraction of sp³-hybridized carbons (Fsp3) is 0.0476. The quantitative estimate of drug-likeness (QED) is 0.204. The van der Waals surface area contributed by atoms with Gasteiger partial charge in [0, 0.05) is 10.8 Å². The van der Waals surface area contributed by atoms with Gasteiger partial charge in [0.05, 0.1) is 36.7 Å². The summed E-state index contributed by atoms with van der Waals surface area (Å²) in [5, 5.41) is 3.13. The Hall–Kier alpha value is -1.40. The topological polar surface area (TPSA) is 34.9 Å². The van der Waals surface area contributed by atoms with E-state index >= 15 is 0 Å². The number of halogens is 5. The van der Waals surface area contributed by atoms with Gasteiger partial charge < -0.3 is 0 Å². The number of nitrogens with zero attached hydrogens (tertiary/aromatic N) is 2. The summed E-state index contributed by atoms with van der Waals surface area (Å²) < 4.78 is 1.51. The fourth-order valence-electron chi connectivity index (χ4n) is 2.86. The number of hydrogen-bond donors (Lipinski definition) is 0. The van der Waals surface area contributed by atoms with Crippen LogP contribution in [0.25, 0.3) is 16.6 Å². The van der Waals surface area contributed by atoms with E-state index in [-0.39, 0.29) is 5.56 Å². The molecule has 4 rings (SSSR count). The van der Waals surface area contributed by atoms with Crippen molar-refractivity contribution in [1.29, 1.82) is 0 Å².